The van der Waals surface area contributed by atoms with Crippen LogP contribution in [0.25, 0.3) is 6.08 Å². The Labute approximate surface area is 264 Å². The summed E-state index contributed by atoms with van der Waals surface area (Å²) in [5.74, 6) is -0.451. The third-order valence-corrected chi connectivity index (χ3v) is 7.66. The van der Waals surface area contributed by atoms with Gasteiger partial charge in [-0.2, -0.15) is 0 Å². The van der Waals surface area contributed by atoms with Gasteiger partial charge in [0.05, 0.1) is 26.9 Å². The molecular formula is C31H40O15. The first-order valence-corrected chi connectivity index (χ1v) is 14.5. The van der Waals surface area contributed by atoms with E-state index in [4.69, 9.17) is 33.2 Å². The van der Waals surface area contributed by atoms with Crippen molar-refractivity contribution in [3.05, 3.63) is 53.6 Å². The summed E-state index contributed by atoms with van der Waals surface area (Å²) in [6.45, 7) is 0.937. The number of esters is 1. The summed E-state index contributed by atoms with van der Waals surface area (Å²) < 4.78 is 38.2. The molecule has 2 aromatic carbocycles. The van der Waals surface area contributed by atoms with Gasteiger partial charge in [0.25, 0.3) is 0 Å². The lowest BCUT2D eigenvalue weighted by Gasteiger charge is -2.45. The van der Waals surface area contributed by atoms with Crippen molar-refractivity contribution in [2.24, 2.45) is 0 Å². The van der Waals surface area contributed by atoms with E-state index in [0.29, 0.717) is 12.0 Å². The molecule has 2 aliphatic rings. The monoisotopic (exact) mass is 652 g/mol. The quantitative estimate of drug-likeness (QED) is 0.114. The zero-order chi connectivity index (χ0) is 33.5. The summed E-state index contributed by atoms with van der Waals surface area (Å²) in [6, 6.07) is 9.17. The Bertz CT molecular complexity index is 1340. The minimum absolute atomic E-state index is 0.00565. The standard InChI is InChI=1S/C31H40O15/c1-15-24(35)26(37)27(38)31(44-15)46-29-25(36)22(14-43-23(34)9-6-16-4-7-18(32)20(12-16)40-2)45-30(28(29)39)42-11-10-17-5-8-19(33)21(13-17)41-3/h4-9,12-13,15,22,24-33,35-39H,10-11,14H2,1-3H3/b9-6+/t15-,22+,24-,25+,26+,27+,28+,29-,30+,31-/m0/s1. The molecule has 0 radical (unpaired) electrons. The van der Waals surface area contributed by atoms with Crippen LogP contribution >= 0.6 is 0 Å². The SMILES string of the molecule is COc1cc(/C=C/C(=O)OC[C@H]2O[C@@H](OCCc3ccc(O)c(OC)c3)[C@H](O)[C@@H](O[C@@H]3O[C@@H](C)[C@H](O)[C@@H](O)[C@H]3O)[C@@H]2O)ccc1O. The van der Waals surface area contributed by atoms with Gasteiger partial charge in [-0.05, 0) is 54.8 Å². The largest absolute Gasteiger partial charge is 0.504 e. The molecular weight excluding hydrogens is 612 g/mol. The number of aromatic hydroxyl groups is 2. The molecule has 0 unspecified atom stereocenters. The van der Waals surface area contributed by atoms with E-state index in [1.54, 1.807) is 18.2 Å². The summed E-state index contributed by atoms with van der Waals surface area (Å²) in [6.07, 6.45) is -11.9. The molecule has 2 aromatic rings. The van der Waals surface area contributed by atoms with Gasteiger partial charge in [-0.3, -0.25) is 0 Å². The zero-order valence-corrected chi connectivity index (χ0v) is 25.4. The van der Waals surface area contributed by atoms with Gasteiger partial charge in [0.1, 0.15) is 49.3 Å². The van der Waals surface area contributed by atoms with Crippen LogP contribution in [0.2, 0.25) is 0 Å². The predicted octanol–water partition coefficient (Wildman–Crippen LogP) is -0.410. The van der Waals surface area contributed by atoms with E-state index < -0.39 is 74.0 Å². The maximum atomic E-state index is 12.5. The van der Waals surface area contributed by atoms with E-state index in [1.165, 1.54) is 45.4 Å². The molecule has 0 saturated carbocycles. The molecule has 0 bridgehead atoms. The number of phenolic OH excluding ortho intramolecular Hbond substituents is 2. The number of phenols is 2. The molecule has 0 amide bonds. The fraction of sp³-hybridized carbons (Fsp3) is 0.516. The van der Waals surface area contributed by atoms with E-state index in [-0.39, 0.29) is 29.6 Å². The Hall–Kier alpha value is -3.51. The van der Waals surface area contributed by atoms with Gasteiger partial charge in [0.15, 0.2) is 35.6 Å². The number of methoxy groups -OCH3 is 2. The highest BCUT2D eigenvalue weighted by Gasteiger charge is 2.50. The second-order valence-electron chi connectivity index (χ2n) is 10.8. The number of carbonyl (C=O) groups is 1. The second kappa shape index (κ2) is 15.9. The molecule has 254 valence electrons. The maximum Gasteiger partial charge on any atom is 0.330 e. The summed E-state index contributed by atoms with van der Waals surface area (Å²) in [4.78, 5) is 12.5. The third-order valence-electron chi connectivity index (χ3n) is 7.66. The number of aliphatic hydroxyl groups is 5. The number of hydrogen-bond acceptors (Lipinski definition) is 15. The van der Waals surface area contributed by atoms with Crippen LogP contribution in [0, 0.1) is 0 Å². The fourth-order valence-electron chi connectivity index (χ4n) is 4.96. The first kappa shape index (κ1) is 35.3. The van der Waals surface area contributed by atoms with Crippen LogP contribution in [0.4, 0.5) is 0 Å². The van der Waals surface area contributed by atoms with Crippen molar-refractivity contribution in [3.8, 4) is 23.0 Å². The van der Waals surface area contributed by atoms with Gasteiger partial charge in [-0.1, -0.05) is 12.1 Å². The normalized spacial score (nSPS) is 31.5. The summed E-state index contributed by atoms with van der Waals surface area (Å²) in [5.41, 5.74) is 1.26. The number of ether oxygens (including phenoxy) is 7. The molecule has 15 nitrogen and oxygen atoms in total. The van der Waals surface area contributed by atoms with Gasteiger partial charge < -0.3 is 68.9 Å². The Kier molecular flexibility index (Phi) is 12.2. The number of hydrogen-bond donors (Lipinski definition) is 7. The van der Waals surface area contributed by atoms with Crippen molar-refractivity contribution in [1.82, 2.24) is 0 Å². The molecule has 10 atom stereocenters. The molecule has 46 heavy (non-hydrogen) atoms. The fourth-order valence-corrected chi connectivity index (χ4v) is 4.96. The molecule has 2 aliphatic heterocycles. The summed E-state index contributed by atoms with van der Waals surface area (Å²) in [7, 11) is 2.79. The molecule has 0 spiro atoms. The molecule has 7 N–H and O–H groups in total. The topological polar surface area (TPSA) is 223 Å². The molecule has 15 heteroatoms. The molecule has 4 rings (SSSR count). The molecule has 2 fully saturated rings. The van der Waals surface area contributed by atoms with E-state index in [1.807, 2.05) is 0 Å². The van der Waals surface area contributed by atoms with Gasteiger partial charge >= 0.3 is 5.97 Å². The summed E-state index contributed by atoms with van der Waals surface area (Å²) >= 11 is 0. The lowest BCUT2D eigenvalue weighted by molar-refractivity contribution is -0.357. The van der Waals surface area contributed by atoms with E-state index in [0.717, 1.165) is 11.6 Å². The zero-order valence-electron chi connectivity index (χ0n) is 25.4. The van der Waals surface area contributed by atoms with Crippen molar-refractivity contribution in [1.29, 1.82) is 0 Å². The highest BCUT2D eigenvalue weighted by molar-refractivity contribution is 5.87. The Balaban J connectivity index is 1.45. The van der Waals surface area contributed by atoms with Crippen LogP contribution in [0.1, 0.15) is 18.1 Å². The average Bonchev–Trinajstić information content (AvgIpc) is 3.05. The number of benzene rings is 2. The van der Waals surface area contributed by atoms with E-state index >= 15 is 0 Å². The minimum atomic E-state index is -1.72. The lowest BCUT2D eigenvalue weighted by atomic mass is 9.97. The van der Waals surface area contributed by atoms with Crippen molar-refractivity contribution in [2.75, 3.05) is 27.4 Å². The van der Waals surface area contributed by atoms with E-state index in [9.17, 15) is 40.5 Å². The second-order valence-corrected chi connectivity index (χ2v) is 10.8. The average molecular weight is 653 g/mol. The van der Waals surface area contributed by atoms with Gasteiger partial charge in [-0.15, -0.1) is 0 Å². The Morgan fingerprint density at radius 1 is 0.826 bits per heavy atom. The predicted molar refractivity (Wildman–Crippen MR) is 157 cm³/mol. The van der Waals surface area contributed by atoms with Crippen molar-refractivity contribution >= 4 is 12.0 Å². The van der Waals surface area contributed by atoms with Gasteiger partial charge in [0, 0.05) is 6.08 Å². The van der Waals surface area contributed by atoms with Gasteiger partial charge in [0.2, 0.25) is 0 Å². The van der Waals surface area contributed by atoms with Crippen LogP contribution < -0.4 is 9.47 Å². The van der Waals surface area contributed by atoms with Crippen molar-refractivity contribution in [2.45, 2.75) is 74.8 Å². The smallest absolute Gasteiger partial charge is 0.330 e. The molecule has 2 saturated heterocycles. The van der Waals surface area contributed by atoms with Crippen LogP contribution in [0.5, 0.6) is 23.0 Å². The van der Waals surface area contributed by atoms with Crippen LogP contribution in [-0.4, -0.2) is 131 Å². The highest BCUT2D eigenvalue weighted by atomic mass is 16.7. The molecule has 0 aliphatic carbocycles. The van der Waals surface area contributed by atoms with Crippen LogP contribution in [-0.2, 0) is 34.9 Å². The van der Waals surface area contributed by atoms with Crippen LogP contribution in [0.15, 0.2) is 42.5 Å². The number of carbonyl (C=O) groups excluding carboxylic acids is 1. The first-order valence-electron chi connectivity index (χ1n) is 14.5. The maximum absolute atomic E-state index is 12.5. The molecule has 0 aromatic heterocycles. The van der Waals surface area contributed by atoms with E-state index in [2.05, 4.69) is 0 Å². The lowest BCUT2D eigenvalue weighted by Crippen LogP contribution is -2.64. The molecule has 2 heterocycles. The summed E-state index contributed by atoms with van der Waals surface area (Å²) in [5, 5.41) is 72.5. The highest BCUT2D eigenvalue weighted by Crippen LogP contribution is 2.31. The van der Waals surface area contributed by atoms with Crippen LogP contribution in [0.3, 0.4) is 0 Å². The van der Waals surface area contributed by atoms with Gasteiger partial charge in [-0.25, -0.2) is 4.79 Å². The Morgan fingerprint density at radius 2 is 1.50 bits per heavy atom. The van der Waals surface area contributed by atoms with Crippen molar-refractivity contribution in [3.63, 3.8) is 0 Å². The number of rotatable bonds is 12. The Morgan fingerprint density at radius 3 is 2.20 bits per heavy atom. The van der Waals surface area contributed by atoms with Crippen molar-refractivity contribution < 1.29 is 73.7 Å². The minimum Gasteiger partial charge on any atom is -0.504 e. The first-order chi connectivity index (χ1) is 21.9. The number of aliphatic hydroxyl groups excluding tert-OH is 5. The third kappa shape index (κ3) is 8.44.